The molecule has 0 spiro atoms. The summed E-state index contributed by atoms with van der Waals surface area (Å²) in [5.41, 5.74) is 18.1. The molecule has 0 saturated carbocycles. The van der Waals surface area contributed by atoms with E-state index in [1.165, 1.54) is 110 Å². The molecule has 0 amide bonds. The smallest absolute Gasteiger partial charge is 0.0547 e. The standard InChI is InChI=1S/C65H45N3/c1-65(2)56-39-43(44-32-35-55-54-26-10-13-27-59(54)66(64(55)40-44)45-19-4-3-5-20-45)31-34-48(56)49-36-33-46(41-57(49)65)67(58-30-16-18-42-17-6-7-21-47(42)58)62-37-38-63(53-23-9-8-22-52(53)62)68-60-28-14-11-24-50(60)51-25-12-15-29-61(51)68/h3-41H,1-2H3. The summed E-state index contributed by atoms with van der Waals surface area (Å²) in [6.45, 7) is 4.81. The molecule has 3 heteroatoms. The maximum absolute atomic E-state index is 2.51. The van der Waals surface area contributed by atoms with Crippen LogP contribution in [0, 0.1) is 0 Å². The highest BCUT2D eigenvalue weighted by molar-refractivity contribution is 6.13. The van der Waals surface area contributed by atoms with Crippen molar-refractivity contribution in [1.29, 1.82) is 0 Å². The zero-order valence-corrected chi connectivity index (χ0v) is 37.9. The average molecular weight is 868 g/mol. The van der Waals surface area contributed by atoms with Crippen molar-refractivity contribution < 1.29 is 0 Å². The summed E-state index contributed by atoms with van der Waals surface area (Å²) in [5.74, 6) is 0. The van der Waals surface area contributed by atoms with Crippen LogP contribution in [0.3, 0.4) is 0 Å². The first-order valence-electron chi connectivity index (χ1n) is 23.7. The maximum Gasteiger partial charge on any atom is 0.0547 e. The van der Waals surface area contributed by atoms with Gasteiger partial charge in [0.25, 0.3) is 0 Å². The molecule has 0 bridgehead atoms. The SMILES string of the molecule is CC1(C)c2cc(-c3ccc4c5ccccc5n(-c5ccccc5)c4c3)ccc2-c2ccc(N(c3cccc4ccccc34)c3ccc(-n4c5ccccc5c5ccccc54)c4ccccc34)cc21. The predicted octanol–water partition coefficient (Wildman–Crippen LogP) is 17.6. The first kappa shape index (κ1) is 38.6. The van der Waals surface area contributed by atoms with Gasteiger partial charge in [-0.1, -0.05) is 178 Å². The van der Waals surface area contributed by atoms with E-state index in [0.29, 0.717) is 0 Å². The van der Waals surface area contributed by atoms with Crippen molar-refractivity contribution in [3.63, 3.8) is 0 Å². The third kappa shape index (κ3) is 5.60. The molecule has 1 aliphatic rings. The van der Waals surface area contributed by atoms with Crippen LogP contribution in [0.1, 0.15) is 25.0 Å². The fourth-order valence-corrected chi connectivity index (χ4v) is 11.7. The van der Waals surface area contributed by atoms with E-state index in [4.69, 9.17) is 0 Å². The monoisotopic (exact) mass is 867 g/mol. The van der Waals surface area contributed by atoms with Gasteiger partial charge in [0.05, 0.1) is 39.1 Å². The molecule has 0 radical (unpaired) electrons. The van der Waals surface area contributed by atoms with Crippen molar-refractivity contribution in [2.45, 2.75) is 19.3 Å². The number of fused-ring (bicyclic) bond motifs is 11. The van der Waals surface area contributed by atoms with Crippen LogP contribution >= 0.6 is 0 Å². The first-order valence-corrected chi connectivity index (χ1v) is 23.7. The molecule has 2 heterocycles. The van der Waals surface area contributed by atoms with Crippen LogP contribution in [0.25, 0.3) is 98.8 Å². The molecular weight excluding hydrogens is 823 g/mol. The van der Waals surface area contributed by atoms with Gasteiger partial charge in [-0.15, -0.1) is 0 Å². The largest absolute Gasteiger partial charge is 0.309 e. The number of para-hydroxylation sites is 4. The second kappa shape index (κ2) is 14.7. The van der Waals surface area contributed by atoms with Gasteiger partial charge >= 0.3 is 0 Å². The Morgan fingerprint density at radius 1 is 0.338 bits per heavy atom. The zero-order chi connectivity index (χ0) is 45.1. The Bertz CT molecular complexity index is 4130. The van der Waals surface area contributed by atoms with E-state index in [1.54, 1.807) is 0 Å². The Balaban J connectivity index is 0.927. The lowest BCUT2D eigenvalue weighted by Crippen LogP contribution is -2.17. The lowest BCUT2D eigenvalue weighted by atomic mass is 9.81. The lowest BCUT2D eigenvalue weighted by molar-refractivity contribution is 0.660. The molecule has 0 atom stereocenters. The highest BCUT2D eigenvalue weighted by Gasteiger charge is 2.37. The summed E-state index contributed by atoms with van der Waals surface area (Å²) in [6, 6.07) is 87.5. The van der Waals surface area contributed by atoms with Crippen molar-refractivity contribution in [3.05, 3.63) is 248 Å². The highest BCUT2D eigenvalue weighted by atomic mass is 15.1. The van der Waals surface area contributed by atoms with Gasteiger partial charge in [-0.05, 0) is 112 Å². The molecule has 0 N–H and O–H groups in total. The van der Waals surface area contributed by atoms with Crippen LogP contribution in [0.5, 0.6) is 0 Å². The summed E-state index contributed by atoms with van der Waals surface area (Å²) < 4.78 is 4.86. The Morgan fingerprint density at radius 3 is 1.57 bits per heavy atom. The lowest BCUT2D eigenvalue weighted by Gasteiger charge is -2.30. The number of hydrogen-bond donors (Lipinski definition) is 0. The van der Waals surface area contributed by atoms with E-state index in [1.807, 2.05) is 0 Å². The van der Waals surface area contributed by atoms with Crippen molar-refractivity contribution >= 4 is 82.2 Å². The number of anilines is 3. The van der Waals surface area contributed by atoms with Crippen molar-refractivity contribution in [2.75, 3.05) is 4.90 Å². The molecule has 14 rings (SSSR count). The third-order valence-electron chi connectivity index (χ3n) is 14.9. The van der Waals surface area contributed by atoms with Crippen LogP contribution in [0.15, 0.2) is 237 Å². The van der Waals surface area contributed by atoms with Gasteiger partial charge in [-0.3, -0.25) is 0 Å². The van der Waals surface area contributed by atoms with Crippen molar-refractivity contribution in [3.8, 4) is 33.6 Å². The maximum atomic E-state index is 2.51. The van der Waals surface area contributed by atoms with Gasteiger partial charge in [0.15, 0.2) is 0 Å². The quantitative estimate of drug-likeness (QED) is 0.162. The van der Waals surface area contributed by atoms with E-state index in [9.17, 15) is 0 Å². The molecule has 3 nitrogen and oxygen atoms in total. The second-order valence-corrected chi connectivity index (χ2v) is 18.9. The molecule has 0 unspecified atom stereocenters. The second-order valence-electron chi connectivity index (χ2n) is 18.9. The fourth-order valence-electron chi connectivity index (χ4n) is 11.7. The number of aromatic nitrogens is 2. The Labute approximate surface area is 395 Å². The van der Waals surface area contributed by atoms with Gasteiger partial charge in [0.1, 0.15) is 0 Å². The fraction of sp³-hybridized carbons (Fsp3) is 0.0462. The summed E-state index contributed by atoms with van der Waals surface area (Å²) in [4.78, 5) is 2.51. The topological polar surface area (TPSA) is 13.1 Å². The Hall–Kier alpha value is -8.66. The highest BCUT2D eigenvalue weighted by Crippen LogP contribution is 2.53. The van der Waals surface area contributed by atoms with Crippen LogP contribution < -0.4 is 4.90 Å². The predicted molar refractivity (Wildman–Crippen MR) is 288 cm³/mol. The molecule has 320 valence electrons. The number of hydrogen-bond acceptors (Lipinski definition) is 1. The number of benzene rings is 11. The minimum absolute atomic E-state index is 0.257. The van der Waals surface area contributed by atoms with Gasteiger partial charge in [-0.2, -0.15) is 0 Å². The minimum atomic E-state index is -0.257. The van der Waals surface area contributed by atoms with Crippen LogP contribution in [0.2, 0.25) is 0 Å². The molecule has 0 saturated heterocycles. The molecule has 1 aliphatic carbocycles. The zero-order valence-electron chi connectivity index (χ0n) is 37.9. The molecule has 11 aromatic carbocycles. The van der Waals surface area contributed by atoms with Crippen LogP contribution in [-0.4, -0.2) is 9.13 Å². The van der Waals surface area contributed by atoms with E-state index in [0.717, 1.165) is 17.1 Å². The van der Waals surface area contributed by atoms with E-state index in [2.05, 4.69) is 264 Å². The van der Waals surface area contributed by atoms with E-state index < -0.39 is 0 Å². The summed E-state index contributed by atoms with van der Waals surface area (Å²) >= 11 is 0. The van der Waals surface area contributed by atoms with Crippen molar-refractivity contribution in [2.24, 2.45) is 0 Å². The average Bonchev–Trinajstić information content (AvgIpc) is 3.99. The summed E-state index contributed by atoms with van der Waals surface area (Å²) in [7, 11) is 0. The number of nitrogens with zero attached hydrogens (tertiary/aromatic N) is 3. The van der Waals surface area contributed by atoms with Crippen LogP contribution in [-0.2, 0) is 5.41 Å². The minimum Gasteiger partial charge on any atom is -0.309 e. The normalized spacial score (nSPS) is 13.0. The van der Waals surface area contributed by atoms with Gasteiger partial charge in [0.2, 0.25) is 0 Å². The van der Waals surface area contributed by atoms with E-state index >= 15 is 0 Å². The Morgan fingerprint density at radius 2 is 0.853 bits per heavy atom. The first-order chi connectivity index (χ1) is 33.5. The molecule has 68 heavy (non-hydrogen) atoms. The van der Waals surface area contributed by atoms with Crippen LogP contribution in [0.4, 0.5) is 17.1 Å². The third-order valence-corrected chi connectivity index (χ3v) is 14.9. The van der Waals surface area contributed by atoms with E-state index in [-0.39, 0.29) is 5.41 Å². The summed E-state index contributed by atoms with van der Waals surface area (Å²) in [6.07, 6.45) is 0. The molecule has 2 aromatic heterocycles. The van der Waals surface area contributed by atoms with Gasteiger partial charge < -0.3 is 14.0 Å². The molecule has 0 aliphatic heterocycles. The van der Waals surface area contributed by atoms with Crippen molar-refractivity contribution in [1.82, 2.24) is 9.13 Å². The molecular formula is C65H45N3. The van der Waals surface area contributed by atoms with Gasteiger partial charge in [0, 0.05) is 54.5 Å². The van der Waals surface area contributed by atoms with Gasteiger partial charge in [-0.25, -0.2) is 0 Å². The molecule has 0 fully saturated rings. The summed E-state index contributed by atoms with van der Waals surface area (Å²) in [5, 5.41) is 9.86. The molecule has 13 aromatic rings. The number of rotatable bonds is 6. The Kier molecular flexibility index (Phi) is 8.33.